The predicted octanol–water partition coefficient (Wildman–Crippen LogP) is 6.80. The molecule has 2 aromatic carbocycles. The number of fused-ring (bicyclic) bond motifs is 1. The maximum absolute atomic E-state index is 5.15. The Hall–Kier alpha value is -1.06. The summed E-state index contributed by atoms with van der Waals surface area (Å²) in [6.45, 7) is 7.22. The van der Waals surface area contributed by atoms with Gasteiger partial charge in [0.2, 0.25) is 0 Å². The molecule has 1 fully saturated rings. The van der Waals surface area contributed by atoms with E-state index in [-0.39, 0.29) is 0 Å². The van der Waals surface area contributed by atoms with Gasteiger partial charge in [0, 0.05) is 16.0 Å². The Labute approximate surface area is 138 Å². The lowest BCUT2D eigenvalue weighted by atomic mass is 9.98. The fourth-order valence-corrected chi connectivity index (χ4v) is 6.51. The maximum atomic E-state index is 5.15. The lowest BCUT2D eigenvalue weighted by Gasteiger charge is -2.19. The van der Waals surface area contributed by atoms with Gasteiger partial charge in [0.15, 0.2) is 0 Å². The third-order valence-electron chi connectivity index (χ3n) is 3.98. The van der Waals surface area contributed by atoms with Crippen LogP contribution in [-0.4, -0.2) is 12.9 Å². The van der Waals surface area contributed by atoms with E-state index < -0.39 is 7.22 Å². The molecule has 2 aromatic rings. The molecule has 0 saturated heterocycles. The number of benzene rings is 2. The lowest BCUT2D eigenvalue weighted by Crippen LogP contribution is -2.13. The van der Waals surface area contributed by atoms with E-state index in [0.29, 0.717) is 0 Å². The molecular formula is C19H25NSSi. The highest BCUT2D eigenvalue weighted by molar-refractivity contribution is 8.28. The summed E-state index contributed by atoms with van der Waals surface area (Å²) in [5, 5.41) is 2.61. The van der Waals surface area contributed by atoms with Crippen LogP contribution in [0.2, 0.25) is 19.6 Å². The van der Waals surface area contributed by atoms with Gasteiger partial charge in [-0.2, -0.15) is 0 Å². The van der Waals surface area contributed by atoms with E-state index in [1.54, 1.807) is 0 Å². The zero-order chi connectivity index (χ0) is 15.6. The summed E-state index contributed by atoms with van der Waals surface area (Å²) in [5.41, 5.74) is 2.63. The summed E-state index contributed by atoms with van der Waals surface area (Å²) in [7, 11) is -1.24. The number of aliphatic imine (C=N–C) groups is 1. The Kier molecular flexibility index (Phi) is 4.74. The SMILES string of the molecule is C[Si](C)(C)Sc1ccc2ccccc2c1N=C1CCCCC1. The third kappa shape index (κ3) is 3.82. The Morgan fingerprint density at radius 1 is 0.909 bits per heavy atom. The van der Waals surface area contributed by atoms with Gasteiger partial charge in [-0.15, -0.1) is 11.2 Å². The summed E-state index contributed by atoms with van der Waals surface area (Å²) in [4.78, 5) is 6.52. The van der Waals surface area contributed by atoms with Crippen molar-refractivity contribution in [3.63, 3.8) is 0 Å². The van der Waals surface area contributed by atoms with Crippen LogP contribution < -0.4 is 0 Å². The molecule has 0 radical (unpaired) electrons. The third-order valence-corrected chi connectivity index (χ3v) is 7.64. The van der Waals surface area contributed by atoms with E-state index in [2.05, 4.69) is 67.3 Å². The second-order valence-corrected chi connectivity index (χ2v) is 16.2. The van der Waals surface area contributed by atoms with Crippen molar-refractivity contribution in [2.45, 2.75) is 56.6 Å². The van der Waals surface area contributed by atoms with Crippen LogP contribution in [0.15, 0.2) is 46.3 Å². The van der Waals surface area contributed by atoms with Gasteiger partial charge in [-0.05, 0) is 37.1 Å². The van der Waals surface area contributed by atoms with Crippen LogP contribution in [0.3, 0.4) is 0 Å². The molecular weight excluding hydrogens is 302 g/mol. The second-order valence-electron chi connectivity index (χ2n) is 7.09. The standard InChI is InChI=1S/C19H25NSSi/c1-22(2,3)21-18-14-13-15-9-7-8-12-17(15)19(18)20-16-10-5-4-6-11-16/h7-9,12-14H,4-6,10-11H2,1-3H3. The highest BCUT2D eigenvalue weighted by Crippen LogP contribution is 2.41. The predicted molar refractivity (Wildman–Crippen MR) is 103 cm³/mol. The van der Waals surface area contributed by atoms with Gasteiger partial charge in [-0.1, -0.05) is 56.4 Å². The number of nitrogens with zero attached hydrogens (tertiary/aromatic N) is 1. The summed E-state index contributed by atoms with van der Waals surface area (Å²) in [5.74, 6) is 0. The first-order valence-electron chi connectivity index (χ1n) is 8.30. The smallest absolute Gasteiger partial charge is 0.114 e. The van der Waals surface area contributed by atoms with Crippen LogP contribution in [0, 0.1) is 0 Å². The van der Waals surface area contributed by atoms with Crippen molar-refractivity contribution in [2.24, 2.45) is 4.99 Å². The zero-order valence-electron chi connectivity index (χ0n) is 13.9. The van der Waals surface area contributed by atoms with Crippen LogP contribution in [0.1, 0.15) is 32.1 Å². The summed E-state index contributed by atoms with van der Waals surface area (Å²) in [6, 6.07) is 13.2. The van der Waals surface area contributed by atoms with Gasteiger partial charge in [0.05, 0.1) is 5.69 Å². The zero-order valence-corrected chi connectivity index (χ0v) is 15.7. The quantitative estimate of drug-likeness (QED) is 0.564. The van der Waals surface area contributed by atoms with Crippen LogP contribution in [0.5, 0.6) is 0 Å². The minimum atomic E-state index is -1.24. The maximum Gasteiger partial charge on any atom is 0.114 e. The topological polar surface area (TPSA) is 12.4 Å². The van der Waals surface area contributed by atoms with Gasteiger partial charge in [-0.3, -0.25) is 4.99 Å². The monoisotopic (exact) mass is 327 g/mol. The van der Waals surface area contributed by atoms with Gasteiger partial charge in [-0.25, -0.2) is 0 Å². The van der Waals surface area contributed by atoms with Crippen molar-refractivity contribution in [3.05, 3.63) is 36.4 Å². The van der Waals surface area contributed by atoms with Crippen LogP contribution in [0.4, 0.5) is 5.69 Å². The lowest BCUT2D eigenvalue weighted by molar-refractivity contribution is 0.667. The van der Waals surface area contributed by atoms with Crippen LogP contribution in [-0.2, 0) is 0 Å². The average Bonchev–Trinajstić information content (AvgIpc) is 2.49. The van der Waals surface area contributed by atoms with Crippen molar-refractivity contribution in [1.29, 1.82) is 0 Å². The Morgan fingerprint density at radius 3 is 2.36 bits per heavy atom. The minimum Gasteiger partial charge on any atom is -0.256 e. The fraction of sp³-hybridized carbons (Fsp3) is 0.421. The molecule has 0 N–H and O–H groups in total. The van der Waals surface area contributed by atoms with Crippen LogP contribution >= 0.6 is 11.2 Å². The van der Waals surface area contributed by atoms with E-state index in [0.717, 1.165) is 0 Å². The average molecular weight is 328 g/mol. The second kappa shape index (κ2) is 6.59. The first kappa shape index (κ1) is 15.8. The number of hydrogen-bond acceptors (Lipinski definition) is 2. The van der Waals surface area contributed by atoms with Crippen molar-refractivity contribution < 1.29 is 0 Å². The molecule has 0 heterocycles. The first-order chi connectivity index (χ1) is 10.5. The number of hydrogen-bond donors (Lipinski definition) is 0. The molecule has 0 aromatic heterocycles. The molecule has 0 aliphatic heterocycles. The highest BCUT2D eigenvalue weighted by Gasteiger charge is 2.19. The molecule has 0 amide bonds. The number of rotatable bonds is 3. The molecule has 22 heavy (non-hydrogen) atoms. The summed E-state index contributed by atoms with van der Waals surface area (Å²) >= 11 is 2.06. The van der Waals surface area contributed by atoms with E-state index in [4.69, 9.17) is 4.99 Å². The van der Waals surface area contributed by atoms with Crippen molar-refractivity contribution in [3.8, 4) is 0 Å². The van der Waals surface area contributed by atoms with Crippen molar-refractivity contribution >= 4 is 40.6 Å². The van der Waals surface area contributed by atoms with Crippen molar-refractivity contribution in [1.82, 2.24) is 0 Å². The van der Waals surface area contributed by atoms with Gasteiger partial charge in [0.25, 0.3) is 0 Å². The molecule has 0 bridgehead atoms. The molecule has 3 rings (SSSR count). The van der Waals surface area contributed by atoms with Gasteiger partial charge < -0.3 is 0 Å². The van der Waals surface area contributed by atoms with E-state index in [1.165, 1.54) is 59.2 Å². The molecule has 1 aliphatic carbocycles. The van der Waals surface area contributed by atoms with Crippen molar-refractivity contribution in [2.75, 3.05) is 0 Å². The normalized spacial score (nSPS) is 16.0. The van der Waals surface area contributed by atoms with Gasteiger partial charge in [0.1, 0.15) is 7.22 Å². The fourth-order valence-electron chi connectivity index (χ4n) is 2.99. The molecule has 1 aliphatic rings. The Morgan fingerprint density at radius 2 is 1.64 bits per heavy atom. The largest absolute Gasteiger partial charge is 0.256 e. The highest BCUT2D eigenvalue weighted by atomic mass is 32.4. The Bertz CT molecular complexity index is 692. The summed E-state index contributed by atoms with van der Waals surface area (Å²) < 4.78 is 0. The molecule has 0 unspecified atom stereocenters. The molecule has 116 valence electrons. The van der Waals surface area contributed by atoms with Gasteiger partial charge >= 0.3 is 0 Å². The molecule has 0 atom stereocenters. The molecule has 3 heteroatoms. The molecule has 1 saturated carbocycles. The molecule has 1 nitrogen and oxygen atoms in total. The minimum absolute atomic E-state index is 1.18. The Balaban J connectivity index is 2.11. The summed E-state index contributed by atoms with van der Waals surface area (Å²) in [6.07, 6.45) is 6.34. The molecule has 0 spiro atoms. The van der Waals surface area contributed by atoms with E-state index in [1.807, 2.05) is 0 Å². The van der Waals surface area contributed by atoms with E-state index >= 15 is 0 Å². The first-order valence-corrected chi connectivity index (χ1v) is 13.3. The van der Waals surface area contributed by atoms with Crippen LogP contribution in [0.25, 0.3) is 10.8 Å². The van der Waals surface area contributed by atoms with E-state index in [9.17, 15) is 0 Å².